The normalized spacial score (nSPS) is 13.2. The lowest BCUT2D eigenvalue weighted by atomic mass is 10.1. The molecule has 2 N–H and O–H groups in total. The minimum Gasteiger partial charge on any atom is -0.323 e. The van der Waals surface area contributed by atoms with Gasteiger partial charge in [0, 0.05) is 6.04 Å². The van der Waals surface area contributed by atoms with Gasteiger partial charge in [0.05, 0.1) is 11.9 Å². The predicted molar refractivity (Wildman–Crippen MR) is 67.1 cm³/mol. The van der Waals surface area contributed by atoms with Gasteiger partial charge in [0.2, 0.25) is 0 Å². The van der Waals surface area contributed by atoms with Crippen molar-refractivity contribution in [2.75, 3.05) is 0 Å². The van der Waals surface area contributed by atoms with Crippen molar-refractivity contribution in [3.8, 4) is 0 Å². The van der Waals surface area contributed by atoms with Crippen LogP contribution in [0.25, 0.3) is 5.65 Å². The van der Waals surface area contributed by atoms with E-state index in [-0.39, 0.29) is 6.04 Å². The summed E-state index contributed by atoms with van der Waals surface area (Å²) in [5.74, 6) is 0. The second-order valence-electron chi connectivity index (χ2n) is 3.86. The van der Waals surface area contributed by atoms with Crippen molar-refractivity contribution in [3.63, 3.8) is 0 Å². The molecule has 16 heavy (non-hydrogen) atoms. The molecule has 0 saturated heterocycles. The maximum Gasteiger partial charge on any atom is 0.154 e. The third-order valence-electron chi connectivity index (χ3n) is 2.59. The minimum absolute atomic E-state index is 0.0126. The Morgan fingerprint density at radius 2 is 2.31 bits per heavy atom. The van der Waals surface area contributed by atoms with Crippen molar-refractivity contribution in [3.05, 3.63) is 28.6 Å². The third kappa shape index (κ3) is 2.25. The van der Waals surface area contributed by atoms with Crippen molar-refractivity contribution >= 4 is 21.6 Å². The van der Waals surface area contributed by atoms with Crippen LogP contribution in [-0.4, -0.2) is 14.6 Å². The molecular weight excluding hydrogens is 268 g/mol. The van der Waals surface area contributed by atoms with Gasteiger partial charge in [-0.15, -0.1) is 0 Å². The zero-order chi connectivity index (χ0) is 11.5. The number of hydrogen-bond donors (Lipinski definition) is 1. The van der Waals surface area contributed by atoms with Gasteiger partial charge in [0.15, 0.2) is 5.65 Å². The number of imidazole rings is 1. The van der Waals surface area contributed by atoms with Gasteiger partial charge in [0.25, 0.3) is 0 Å². The van der Waals surface area contributed by atoms with Gasteiger partial charge in [-0.05, 0) is 34.5 Å². The Hall–Kier alpha value is -0.940. The number of fused-ring (bicyclic) bond motifs is 1. The summed E-state index contributed by atoms with van der Waals surface area (Å²) in [5, 5.41) is 4.47. The molecule has 0 aliphatic carbocycles. The fourth-order valence-electron chi connectivity index (χ4n) is 1.63. The van der Waals surface area contributed by atoms with E-state index in [1.54, 1.807) is 10.7 Å². The lowest BCUT2D eigenvalue weighted by Gasteiger charge is -2.10. The molecule has 0 bridgehead atoms. The monoisotopic (exact) mass is 282 g/mol. The zero-order valence-electron chi connectivity index (χ0n) is 9.23. The summed E-state index contributed by atoms with van der Waals surface area (Å²) in [5.41, 5.74) is 7.83. The van der Waals surface area contributed by atoms with E-state index in [9.17, 15) is 0 Å². The van der Waals surface area contributed by atoms with Crippen LogP contribution in [0.5, 0.6) is 0 Å². The van der Waals surface area contributed by atoms with Crippen molar-refractivity contribution in [2.24, 2.45) is 5.73 Å². The van der Waals surface area contributed by atoms with Crippen LogP contribution < -0.4 is 5.73 Å². The third-order valence-corrected chi connectivity index (χ3v) is 3.13. The minimum atomic E-state index is 0.0126. The van der Waals surface area contributed by atoms with Gasteiger partial charge in [-0.2, -0.15) is 5.10 Å². The maximum atomic E-state index is 6.08. The molecule has 0 saturated carbocycles. The van der Waals surface area contributed by atoms with Crippen LogP contribution >= 0.6 is 15.9 Å². The highest BCUT2D eigenvalue weighted by Gasteiger charge is 2.09. The van der Waals surface area contributed by atoms with Crippen LogP contribution in [0, 0.1) is 0 Å². The largest absolute Gasteiger partial charge is 0.323 e. The highest BCUT2D eigenvalue weighted by molar-refractivity contribution is 9.10. The first-order valence-corrected chi connectivity index (χ1v) is 6.27. The summed E-state index contributed by atoms with van der Waals surface area (Å²) in [7, 11) is 0. The summed E-state index contributed by atoms with van der Waals surface area (Å²) >= 11 is 3.40. The maximum absolute atomic E-state index is 6.08. The summed E-state index contributed by atoms with van der Waals surface area (Å²) in [4.78, 5) is 4.19. The van der Waals surface area contributed by atoms with Crippen LogP contribution in [0.2, 0.25) is 0 Å². The predicted octanol–water partition coefficient (Wildman–Crippen LogP) is 2.68. The highest BCUT2D eigenvalue weighted by atomic mass is 79.9. The van der Waals surface area contributed by atoms with E-state index >= 15 is 0 Å². The summed E-state index contributed by atoms with van der Waals surface area (Å²) < 4.78 is 2.62. The molecule has 86 valence electrons. The smallest absolute Gasteiger partial charge is 0.154 e. The molecule has 0 fully saturated rings. The van der Waals surface area contributed by atoms with E-state index in [2.05, 4.69) is 32.9 Å². The molecule has 0 aliphatic rings. The van der Waals surface area contributed by atoms with Crippen molar-refractivity contribution in [1.29, 1.82) is 0 Å². The Labute approximate surface area is 103 Å². The number of nitrogens with two attached hydrogens (primary N) is 1. The van der Waals surface area contributed by atoms with Crippen LogP contribution in [-0.2, 0) is 0 Å². The second kappa shape index (κ2) is 4.93. The Morgan fingerprint density at radius 1 is 1.50 bits per heavy atom. The molecule has 0 aromatic carbocycles. The van der Waals surface area contributed by atoms with Crippen molar-refractivity contribution in [1.82, 2.24) is 14.6 Å². The summed E-state index contributed by atoms with van der Waals surface area (Å²) in [6.07, 6.45) is 5.00. The van der Waals surface area contributed by atoms with Crippen LogP contribution in [0.15, 0.2) is 22.9 Å². The summed E-state index contributed by atoms with van der Waals surface area (Å²) in [6, 6.07) is 3.91. The standard InChI is InChI=1S/C11H15BrN4/c1-2-3-4-8(13)9-5-6-11-14-7-10(12)16(11)15-9/h5-8H,2-4,13H2,1H3. The molecule has 1 atom stereocenters. The van der Waals surface area contributed by atoms with E-state index < -0.39 is 0 Å². The quantitative estimate of drug-likeness (QED) is 0.938. The van der Waals surface area contributed by atoms with Crippen LogP contribution in [0.1, 0.15) is 37.9 Å². The average molecular weight is 283 g/mol. The number of rotatable bonds is 4. The molecule has 0 spiro atoms. The Morgan fingerprint density at radius 3 is 3.06 bits per heavy atom. The fraction of sp³-hybridized carbons (Fsp3) is 0.455. The molecule has 2 heterocycles. The average Bonchev–Trinajstić information content (AvgIpc) is 2.67. The van der Waals surface area contributed by atoms with Gasteiger partial charge in [-0.25, -0.2) is 9.50 Å². The number of aromatic nitrogens is 3. The van der Waals surface area contributed by atoms with Crippen LogP contribution in [0.3, 0.4) is 0 Å². The molecule has 1 unspecified atom stereocenters. The Kier molecular flexibility index (Phi) is 3.56. The van der Waals surface area contributed by atoms with Crippen molar-refractivity contribution < 1.29 is 0 Å². The van der Waals surface area contributed by atoms with Gasteiger partial charge in [0.1, 0.15) is 4.60 Å². The molecule has 0 amide bonds. The first kappa shape index (κ1) is 11.5. The SMILES string of the molecule is CCCCC(N)c1ccc2ncc(Br)n2n1. The topological polar surface area (TPSA) is 56.2 Å². The molecule has 5 heteroatoms. The van der Waals surface area contributed by atoms with E-state index in [1.807, 2.05) is 12.1 Å². The zero-order valence-corrected chi connectivity index (χ0v) is 10.8. The number of unbranched alkanes of at least 4 members (excludes halogenated alkanes) is 1. The van der Waals surface area contributed by atoms with Crippen LogP contribution in [0.4, 0.5) is 0 Å². The Balaban J connectivity index is 2.27. The van der Waals surface area contributed by atoms with E-state index in [4.69, 9.17) is 5.73 Å². The van der Waals surface area contributed by atoms with E-state index in [0.29, 0.717) is 0 Å². The lowest BCUT2D eigenvalue weighted by Crippen LogP contribution is -2.13. The number of hydrogen-bond acceptors (Lipinski definition) is 3. The van der Waals surface area contributed by atoms with E-state index in [1.165, 1.54) is 0 Å². The second-order valence-corrected chi connectivity index (χ2v) is 4.67. The van der Waals surface area contributed by atoms with Gasteiger partial charge < -0.3 is 5.73 Å². The van der Waals surface area contributed by atoms with Gasteiger partial charge in [-0.1, -0.05) is 19.8 Å². The number of nitrogens with zero attached hydrogens (tertiary/aromatic N) is 3. The fourth-order valence-corrected chi connectivity index (χ4v) is 1.99. The summed E-state index contributed by atoms with van der Waals surface area (Å²) in [6.45, 7) is 2.16. The first-order chi connectivity index (χ1) is 7.72. The molecular formula is C11H15BrN4. The molecule has 0 radical (unpaired) electrons. The first-order valence-electron chi connectivity index (χ1n) is 5.48. The van der Waals surface area contributed by atoms with Crippen molar-refractivity contribution in [2.45, 2.75) is 32.2 Å². The molecule has 2 aromatic rings. The lowest BCUT2D eigenvalue weighted by molar-refractivity contribution is 0.579. The van der Waals surface area contributed by atoms with Gasteiger partial charge >= 0.3 is 0 Å². The Bertz CT molecular complexity index is 480. The highest BCUT2D eigenvalue weighted by Crippen LogP contribution is 2.17. The number of halogens is 1. The molecule has 4 nitrogen and oxygen atoms in total. The molecule has 2 aromatic heterocycles. The van der Waals surface area contributed by atoms with Gasteiger partial charge in [-0.3, -0.25) is 0 Å². The molecule has 0 aliphatic heterocycles. The van der Waals surface area contributed by atoms with E-state index in [0.717, 1.165) is 35.2 Å². The molecule has 2 rings (SSSR count).